The fourth-order valence-electron chi connectivity index (χ4n) is 3.71. The van der Waals surface area contributed by atoms with Gasteiger partial charge >= 0.3 is 0 Å². The lowest BCUT2D eigenvalue weighted by Crippen LogP contribution is -2.58. The van der Waals surface area contributed by atoms with Crippen LogP contribution in [-0.2, 0) is 17.8 Å². The van der Waals surface area contributed by atoms with E-state index in [4.69, 9.17) is 4.42 Å². The second kappa shape index (κ2) is 8.52. The molecule has 0 unspecified atom stereocenters. The van der Waals surface area contributed by atoms with Gasteiger partial charge in [0.05, 0.1) is 12.8 Å². The van der Waals surface area contributed by atoms with Gasteiger partial charge in [0.1, 0.15) is 5.76 Å². The largest absolute Gasteiger partial charge is 0.468 e. The van der Waals surface area contributed by atoms with Gasteiger partial charge in [-0.1, -0.05) is 30.3 Å². The molecule has 1 saturated heterocycles. The lowest BCUT2D eigenvalue weighted by molar-refractivity contribution is -0.159. The van der Waals surface area contributed by atoms with Gasteiger partial charge in [0.2, 0.25) is 0 Å². The quantitative estimate of drug-likeness (QED) is 0.790. The molecule has 0 spiro atoms. The minimum atomic E-state index is -1.30. The van der Waals surface area contributed by atoms with Crippen molar-refractivity contribution < 1.29 is 14.3 Å². The van der Waals surface area contributed by atoms with Crippen LogP contribution < -0.4 is 0 Å². The fourth-order valence-corrected chi connectivity index (χ4v) is 3.71. The predicted octanol–water partition coefficient (Wildman–Crippen LogP) is 2.70. The topological polar surface area (TPSA) is 56.9 Å². The van der Waals surface area contributed by atoms with Crippen LogP contribution in [0.1, 0.15) is 30.6 Å². The summed E-state index contributed by atoms with van der Waals surface area (Å²) in [6.45, 7) is 2.33. The maximum absolute atomic E-state index is 12.9. The molecule has 1 amide bonds. The molecule has 5 heteroatoms. The zero-order valence-corrected chi connectivity index (χ0v) is 15.4. The lowest BCUT2D eigenvalue weighted by Gasteiger charge is -2.40. The number of benzene rings is 1. The number of furan rings is 1. The predicted molar refractivity (Wildman–Crippen MR) is 101 cm³/mol. The van der Waals surface area contributed by atoms with Crippen molar-refractivity contribution in [1.29, 1.82) is 0 Å². The van der Waals surface area contributed by atoms with E-state index in [0.29, 0.717) is 26.1 Å². The molecule has 5 nitrogen and oxygen atoms in total. The van der Waals surface area contributed by atoms with E-state index in [0.717, 1.165) is 31.6 Å². The number of carbonyl (C=O) groups is 1. The van der Waals surface area contributed by atoms with Gasteiger partial charge in [0.15, 0.2) is 5.60 Å². The van der Waals surface area contributed by atoms with E-state index in [1.165, 1.54) is 5.56 Å². The Hall–Kier alpha value is -2.11. The minimum absolute atomic E-state index is 0.136. The van der Waals surface area contributed by atoms with Gasteiger partial charge < -0.3 is 14.4 Å². The smallest absolute Gasteiger partial charge is 0.255 e. The Morgan fingerprint density at radius 2 is 2.04 bits per heavy atom. The summed E-state index contributed by atoms with van der Waals surface area (Å²) in [5, 5.41) is 11.0. The Morgan fingerprint density at radius 3 is 2.77 bits per heavy atom. The summed E-state index contributed by atoms with van der Waals surface area (Å²) in [4.78, 5) is 16.6. The molecular weight excluding hydrogens is 328 g/mol. The molecule has 1 N–H and O–H groups in total. The average molecular weight is 356 g/mol. The first-order valence-electron chi connectivity index (χ1n) is 9.33. The van der Waals surface area contributed by atoms with Crippen molar-refractivity contribution in [2.45, 2.75) is 37.8 Å². The highest BCUT2D eigenvalue weighted by Crippen LogP contribution is 2.24. The first-order valence-corrected chi connectivity index (χ1v) is 9.33. The number of piperidine rings is 1. The van der Waals surface area contributed by atoms with Gasteiger partial charge in [-0.2, -0.15) is 0 Å². The van der Waals surface area contributed by atoms with Crippen molar-refractivity contribution in [3.05, 3.63) is 60.1 Å². The molecule has 1 fully saturated rings. The van der Waals surface area contributed by atoms with E-state index in [9.17, 15) is 9.90 Å². The Labute approximate surface area is 155 Å². The first kappa shape index (κ1) is 18.7. The molecule has 0 radical (unpaired) electrons. The minimum Gasteiger partial charge on any atom is -0.468 e. The third-order valence-electron chi connectivity index (χ3n) is 4.98. The molecule has 1 atom stereocenters. The van der Waals surface area contributed by atoms with E-state index in [2.05, 4.69) is 12.1 Å². The third-order valence-corrected chi connectivity index (χ3v) is 4.98. The van der Waals surface area contributed by atoms with Crippen molar-refractivity contribution in [2.24, 2.45) is 0 Å². The van der Waals surface area contributed by atoms with Crippen LogP contribution in [0.15, 0.2) is 53.1 Å². The van der Waals surface area contributed by atoms with Gasteiger partial charge in [-0.15, -0.1) is 0 Å². The van der Waals surface area contributed by atoms with Crippen molar-refractivity contribution in [1.82, 2.24) is 9.80 Å². The van der Waals surface area contributed by atoms with E-state index in [1.54, 1.807) is 6.26 Å². The monoisotopic (exact) mass is 356 g/mol. The highest BCUT2D eigenvalue weighted by molar-refractivity contribution is 5.86. The first-order chi connectivity index (χ1) is 12.6. The lowest BCUT2D eigenvalue weighted by atomic mass is 9.91. The standard InChI is InChI=1S/C21H28N2O3/c1-22(16-19-11-6-15-26-19)17-21(25)12-7-14-23(20(21)24)13-5-10-18-8-3-2-4-9-18/h2-4,6,8-9,11,15,25H,5,7,10,12-14,16-17H2,1H3/t21-/m1/s1. The molecule has 0 bridgehead atoms. The molecule has 2 heterocycles. The SMILES string of the molecule is CN(Cc1ccco1)C[C@]1(O)CCCN(CCCc2ccccc2)C1=O. The van der Waals surface area contributed by atoms with E-state index < -0.39 is 5.60 Å². The van der Waals surface area contributed by atoms with Crippen LogP contribution in [0.5, 0.6) is 0 Å². The number of aliphatic hydroxyl groups is 1. The molecule has 1 aliphatic rings. The highest BCUT2D eigenvalue weighted by atomic mass is 16.3. The molecule has 3 rings (SSSR count). The van der Waals surface area contributed by atoms with Gasteiger partial charge in [-0.3, -0.25) is 9.69 Å². The number of rotatable bonds is 8. The van der Waals surface area contributed by atoms with Crippen LogP contribution >= 0.6 is 0 Å². The van der Waals surface area contributed by atoms with E-state index >= 15 is 0 Å². The van der Waals surface area contributed by atoms with Crippen molar-refractivity contribution in [3.63, 3.8) is 0 Å². The molecule has 26 heavy (non-hydrogen) atoms. The molecule has 1 aromatic heterocycles. The third kappa shape index (κ3) is 4.74. The van der Waals surface area contributed by atoms with Crippen LogP contribution in [0.4, 0.5) is 0 Å². The second-order valence-corrected chi connectivity index (χ2v) is 7.27. The van der Waals surface area contributed by atoms with Crippen molar-refractivity contribution in [3.8, 4) is 0 Å². The normalized spacial score (nSPS) is 20.7. The fraction of sp³-hybridized carbons (Fsp3) is 0.476. The average Bonchev–Trinajstić information content (AvgIpc) is 3.12. The highest BCUT2D eigenvalue weighted by Gasteiger charge is 2.42. The maximum atomic E-state index is 12.9. The number of hydrogen-bond donors (Lipinski definition) is 1. The molecule has 0 saturated carbocycles. The summed E-state index contributed by atoms with van der Waals surface area (Å²) in [5.74, 6) is 0.696. The number of carbonyl (C=O) groups excluding carboxylic acids is 1. The Morgan fingerprint density at radius 1 is 1.23 bits per heavy atom. The van der Waals surface area contributed by atoms with Crippen LogP contribution in [0.25, 0.3) is 0 Å². The van der Waals surface area contributed by atoms with Crippen LogP contribution in [0.3, 0.4) is 0 Å². The summed E-state index contributed by atoms with van der Waals surface area (Å²) in [7, 11) is 1.90. The maximum Gasteiger partial charge on any atom is 0.255 e. The molecule has 0 aliphatic carbocycles. The molecule has 2 aromatic rings. The number of likely N-dealkylation sites (N-methyl/N-ethyl adjacent to an activating group) is 1. The summed E-state index contributed by atoms with van der Waals surface area (Å²) in [6, 6.07) is 14.0. The Balaban J connectivity index is 1.52. The number of likely N-dealkylation sites (tertiary alicyclic amines) is 1. The summed E-state index contributed by atoms with van der Waals surface area (Å²) in [5.41, 5.74) is -0.0165. The van der Waals surface area contributed by atoms with Gasteiger partial charge in [0, 0.05) is 19.6 Å². The number of hydrogen-bond acceptors (Lipinski definition) is 4. The van der Waals surface area contributed by atoms with Crippen molar-refractivity contribution >= 4 is 5.91 Å². The number of aryl methyl sites for hydroxylation is 1. The van der Waals surface area contributed by atoms with Gasteiger partial charge in [0.25, 0.3) is 5.91 Å². The number of amides is 1. The number of nitrogens with zero attached hydrogens (tertiary/aromatic N) is 2. The molecule has 1 aliphatic heterocycles. The zero-order valence-electron chi connectivity index (χ0n) is 15.4. The van der Waals surface area contributed by atoms with Crippen LogP contribution in [0, 0.1) is 0 Å². The van der Waals surface area contributed by atoms with E-state index in [-0.39, 0.29) is 5.91 Å². The molecular formula is C21H28N2O3. The Kier molecular flexibility index (Phi) is 6.12. The van der Waals surface area contributed by atoms with Crippen LogP contribution in [0.2, 0.25) is 0 Å². The zero-order chi connectivity index (χ0) is 18.4. The second-order valence-electron chi connectivity index (χ2n) is 7.27. The van der Waals surface area contributed by atoms with Crippen molar-refractivity contribution in [2.75, 3.05) is 26.7 Å². The molecule has 1 aromatic carbocycles. The van der Waals surface area contributed by atoms with E-state index in [1.807, 2.05) is 47.2 Å². The Bertz CT molecular complexity index is 687. The molecule has 140 valence electrons. The van der Waals surface area contributed by atoms with Crippen LogP contribution in [-0.4, -0.2) is 53.1 Å². The van der Waals surface area contributed by atoms with Gasteiger partial charge in [-0.05, 0) is 50.4 Å². The summed E-state index contributed by atoms with van der Waals surface area (Å²) < 4.78 is 5.35. The van der Waals surface area contributed by atoms with Gasteiger partial charge in [-0.25, -0.2) is 0 Å². The summed E-state index contributed by atoms with van der Waals surface area (Å²) in [6.07, 6.45) is 4.85. The summed E-state index contributed by atoms with van der Waals surface area (Å²) >= 11 is 0.